The summed E-state index contributed by atoms with van der Waals surface area (Å²) in [6, 6.07) is 17.2. The van der Waals surface area contributed by atoms with E-state index in [1.807, 2.05) is 33.1 Å². The van der Waals surface area contributed by atoms with E-state index in [1.165, 1.54) is 11.8 Å². The van der Waals surface area contributed by atoms with Crippen LogP contribution in [-0.4, -0.2) is 40.8 Å². The third kappa shape index (κ3) is 7.08. The van der Waals surface area contributed by atoms with Crippen LogP contribution in [0.2, 0.25) is 0 Å². The second kappa shape index (κ2) is 13.3. The van der Waals surface area contributed by atoms with Crippen molar-refractivity contribution in [1.82, 2.24) is 5.32 Å². The number of amides is 1. The molecule has 0 bridgehead atoms. The number of sulfonamides is 1. The fourth-order valence-electron chi connectivity index (χ4n) is 4.42. The number of carbonyl (C=O) groups excluding carboxylic acids is 1. The fraction of sp³-hybridized carbons (Fsp3) is 0.367. The Balaban J connectivity index is 1.97. The lowest BCUT2D eigenvalue weighted by Gasteiger charge is -2.27. The van der Waals surface area contributed by atoms with E-state index in [-0.39, 0.29) is 16.9 Å². The molecule has 3 rings (SSSR count). The summed E-state index contributed by atoms with van der Waals surface area (Å²) >= 11 is 1.52. The van der Waals surface area contributed by atoms with Crippen LogP contribution in [0.25, 0.3) is 0 Å². The number of anilines is 1. The van der Waals surface area contributed by atoms with Crippen molar-refractivity contribution in [2.75, 3.05) is 30.8 Å². The first-order chi connectivity index (χ1) is 18.5. The Kier molecular flexibility index (Phi) is 10.3. The van der Waals surface area contributed by atoms with Gasteiger partial charge in [-0.15, -0.1) is 11.8 Å². The SMILES string of the molecule is CCOc1ccccc1N(CC(=O)N[C@H](C)c1cc(C(C)C)c(OC)cc1C)S(=O)(=O)c1ccc(SC)cc1. The Morgan fingerprint density at radius 3 is 2.26 bits per heavy atom. The number of hydrogen-bond donors (Lipinski definition) is 1. The zero-order valence-corrected chi connectivity index (χ0v) is 25.3. The Morgan fingerprint density at radius 2 is 1.67 bits per heavy atom. The summed E-state index contributed by atoms with van der Waals surface area (Å²) in [4.78, 5) is 14.5. The zero-order chi connectivity index (χ0) is 28.7. The third-order valence-electron chi connectivity index (χ3n) is 6.45. The van der Waals surface area contributed by atoms with E-state index in [2.05, 4.69) is 25.2 Å². The number of nitrogens with zero attached hydrogens (tertiary/aromatic N) is 1. The maximum absolute atomic E-state index is 13.9. The van der Waals surface area contributed by atoms with E-state index < -0.39 is 22.5 Å². The predicted octanol–water partition coefficient (Wildman–Crippen LogP) is 6.32. The van der Waals surface area contributed by atoms with Crippen LogP contribution in [-0.2, 0) is 14.8 Å². The lowest BCUT2D eigenvalue weighted by molar-refractivity contribution is -0.120. The molecule has 9 heteroatoms. The molecule has 0 unspecified atom stereocenters. The van der Waals surface area contributed by atoms with Gasteiger partial charge in [0.05, 0.1) is 30.3 Å². The zero-order valence-electron chi connectivity index (χ0n) is 23.6. The number of benzene rings is 3. The van der Waals surface area contributed by atoms with Crippen LogP contribution >= 0.6 is 11.8 Å². The number of para-hydroxylation sites is 2. The largest absolute Gasteiger partial charge is 0.496 e. The van der Waals surface area contributed by atoms with E-state index in [9.17, 15) is 13.2 Å². The minimum absolute atomic E-state index is 0.0972. The van der Waals surface area contributed by atoms with Gasteiger partial charge in [-0.25, -0.2) is 8.42 Å². The fourth-order valence-corrected chi connectivity index (χ4v) is 6.26. The van der Waals surface area contributed by atoms with E-state index in [0.717, 1.165) is 31.6 Å². The quantitative estimate of drug-likeness (QED) is 0.257. The van der Waals surface area contributed by atoms with Gasteiger partial charge in [-0.1, -0.05) is 26.0 Å². The highest BCUT2D eigenvalue weighted by Gasteiger charge is 2.30. The highest BCUT2D eigenvalue weighted by Crippen LogP contribution is 2.34. The van der Waals surface area contributed by atoms with Crippen molar-refractivity contribution in [1.29, 1.82) is 0 Å². The van der Waals surface area contributed by atoms with Crippen LogP contribution in [0.1, 0.15) is 56.3 Å². The summed E-state index contributed by atoms with van der Waals surface area (Å²) < 4.78 is 40.2. The van der Waals surface area contributed by atoms with Crippen molar-refractivity contribution in [2.45, 2.75) is 56.4 Å². The van der Waals surface area contributed by atoms with Gasteiger partial charge in [0.15, 0.2) is 0 Å². The summed E-state index contributed by atoms with van der Waals surface area (Å²) in [5.74, 6) is 0.995. The number of carbonyl (C=O) groups is 1. The molecule has 210 valence electrons. The van der Waals surface area contributed by atoms with E-state index in [1.54, 1.807) is 55.6 Å². The molecule has 0 fully saturated rings. The molecular weight excluding hydrogens is 532 g/mol. The molecule has 0 aliphatic carbocycles. The lowest BCUT2D eigenvalue weighted by Crippen LogP contribution is -2.41. The molecule has 0 saturated heterocycles. The highest BCUT2D eigenvalue weighted by atomic mass is 32.2. The molecule has 0 saturated carbocycles. The normalized spacial score (nSPS) is 12.2. The predicted molar refractivity (Wildman–Crippen MR) is 159 cm³/mol. The molecule has 7 nitrogen and oxygen atoms in total. The second-order valence-corrected chi connectivity index (χ2v) is 12.2. The Labute approximate surface area is 237 Å². The molecule has 0 aliphatic heterocycles. The first kappa shape index (κ1) is 30.4. The van der Waals surface area contributed by atoms with Crippen LogP contribution in [0.15, 0.2) is 70.5 Å². The minimum Gasteiger partial charge on any atom is -0.496 e. The van der Waals surface area contributed by atoms with Gasteiger partial charge in [-0.3, -0.25) is 9.10 Å². The van der Waals surface area contributed by atoms with Gasteiger partial charge in [-0.05, 0) is 98.2 Å². The van der Waals surface area contributed by atoms with E-state index >= 15 is 0 Å². The molecule has 3 aromatic rings. The number of aryl methyl sites for hydroxylation is 1. The molecule has 0 aliphatic rings. The standard InChI is InChI=1S/C30H38N2O5S2/c1-8-37-28-12-10-9-11-27(28)32(39(34,35)24-15-13-23(38-7)14-16-24)19-30(33)31-22(5)26-18-25(20(2)3)29(36-6)17-21(26)4/h9-18,20,22H,8,19H2,1-7H3,(H,31,33)/t22-/m1/s1. The Hall–Kier alpha value is -3.17. The van der Waals surface area contributed by atoms with Crippen LogP contribution in [0.5, 0.6) is 11.5 Å². The summed E-state index contributed by atoms with van der Waals surface area (Å²) in [5.41, 5.74) is 3.27. The Bertz CT molecular complexity index is 1390. The molecule has 0 radical (unpaired) electrons. The first-order valence-electron chi connectivity index (χ1n) is 12.9. The van der Waals surface area contributed by atoms with Crippen LogP contribution in [0.4, 0.5) is 5.69 Å². The molecule has 0 aromatic heterocycles. The smallest absolute Gasteiger partial charge is 0.264 e. The molecule has 1 atom stereocenters. The second-order valence-electron chi connectivity index (χ2n) is 9.48. The van der Waals surface area contributed by atoms with Crippen molar-refractivity contribution in [3.63, 3.8) is 0 Å². The number of nitrogens with one attached hydrogen (secondary N) is 1. The topological polar surface area (TPSA) is 84.9 Å². The van der Waals surface area contributed by atoms with Crippen molar-refractivity contribution < 1.29 is 22.7 Å². The number of methoxy groups -OCH3 is 1. The van der Waals surface area contributed by atoms with Gasteiger partial charge >= 0.3 is 0 Å². The Morgan fingerprint density at radius 1 is 1.00 bits per heavy atom. The summed E-state index contributed by atoms with van der Waals surface area (Å²) in [5, 5.41) is 3.00. The molecule has 0 heterocycles. The van der Waals surface area contributed by atoms with Gasteiger partial charge < -0.3 is 14.8 Å². The molecule has 39 heavy (non-hydrogen) atoms. The van der Waals surface area contributed by atoms with Crippen LogP contribution in [0.3, 0.4) is 0 Å². The lowest BCUT2D eigenvalue weighted by atomic mass is 9.93. The van der Waals surface area contributed by atoms with E-state index in [0.29, 0.717) is 18.0 Å². The number of rotatable bonds is 12. The van der Waals surface area contributed by atoms with Crippen molar-refractivity contribution in [3.8, 4) is 11.5 Å². The monoisotopic (exact) mass is 570 g/mol. The van der Waals surface area contributed by atoms with Crippen molar-refractivity contribution >= 4 is 33.4 Å². The molecule has 1 N–H and O–H groups in total. The van der Waals surface area contributed by atoms with Gasteiger partial charge in [0.2, 0.25) is 5.91 Å². The van der Waals surface area contributed by atoms with Crippen LogP contribution < -0.4 is 19.1 Å². The van der Waals surface area contributed by atoms with Gasteiger partial charge in [0, 0.05) is 4.90 Å². The van der Waals surface area contributed by atoms with Crippen molar-refractivity contribution in [3.05, 3.63) is 77.4 Å². The number of ether oxygens (including phenoxy) is 2. The maximum atomic E-state index is 13.9. The first-order valence-corrected chi connectivity index (χ1v) is 15.6. The molecular formula is C30H38N2O5S2. The van der Waals surface area contributed by atoms with Gasteiger partial charge in [0.1, 0.15) is 18.0 Å². The van der Waals surface area contributed by atoms with Gasteiger partial charge in [0.25, 0.3) is 10.0 Å². The average molecular weight is 571 g/mol. The molecule has 3 aromatic carbocycles. The van der Waals surface area contributed by atoms with E-state index in [4.69, 9.17) is 9.47 Å². The highest BCUT2D eigenvalue weighted by molar-refractivity contribution is 7.98. The third-order valence-corrected chi connectivity index (χ3v) is 8.97. The minimum atomic E-state index is -4.08. The van der Waals surface area contributed by atoms with Gasteiger partial charge in [-0.2, -0.15) is 0 Å². The molecule has 1 amide bonds. The van der Waals surface area contributed by atoms with Crippen LogP contribution in [0, 0.1) is 6.92 Å². The number of hydrogen-bond acceptors (Lipinski definition) is 6. The average Bonchev–Trinajstić information content (AvgIpc) is 2.91. The molecule has 0 spiro atoms. The number of thioether (sulfide) groups is 1. The summed E-state index contributed by atoms with van der Waals surface area (Å²) in [7, 11) is -2.44. The summed E-state index contributed by atoms with van der Waals surface area (Å²) in [6.45, 7) is 9.81. The van der Waals surface area contributed by atoms with Crippen molar-refractivity contribution in [2.24, 2.45) is 0 Å². The summed E-state index contributed by atoms with van der Waals surface area (Å²) in [6.07, 6.45) is 1.92. The maximum Gasteiger partial charge on any atom is 0.264 e.